The summed E-state index contributed by atoms with van der Waals surface area (Å²) in [7, 11) is 0. The Kier molecular flexibility index (Phi) is 6.14. The van der Waals surface area contributed by atoms with Gasteiger partial charge in [-0.25, -0.2) is 4.79 Å². The number of hydrogen-bond acceptors (Lipinski definition) is 3. The molecule has 2 aromatic carbocycles. The second-order valence-electron chi connectivity index (χ2n) is 6.84. The molecule has 7 heteroatoms. The molecule has 28 heavy (non-hydrogen) atoms. The number of nitrogens with zero attached hydrogens (tertiary/aromatic N) is 1. The Hall–Kier alpha value is -2.67. The molecule has 0 unspecified atom stereocenters. The van der Waals surface area contributed by atoms with E-state index in [2.05, 4.69) is 26.6 Å². The predicted molar refractivity (Wildman–Crippen MR) is 111 cm³/mol. The van der Waals surface area contributed by atoms with E-state index in [0.29, 0.717) is 0 Å². The van der Waals surface area contributed by atoms with E-state index in [1.54, 1.807) is 0 Å². The minimum Gasteiger partial charge on any atom is -0.326 e. The van der Waals surface area contributed by atoms with E-state index in [1.807, 2.05) is 62.4 Å². The van der Waals surface area contributed by atoms with Crippen molar-refractivity contribution < 1.29 is 14.4 Å². The zero-order valence-corrected chi connectivity index (χ0v) is 17.3. The summed E-state index contributed by atoms with van der Waals surface area (Å²) in [6, 6.07) is 13.5. The summed E-state index contributed by atoms with van der Waals surface area (Å²) in [5.74, 6) is -0.490. The lowest BCUT2D eigenvalue weighted by Gasteiger charge is -2.21. The smallest absolute Gasteiger partial charge is 0.325 e. The van der Waals surface area contributed by atoms with Crippen LogP contribution in [0.15, 0.2) is 53.0 Å². The number of carbonyl (C=O) groups is 3. The summed E-state index contributed by atoms with van der Waals surface area (Å²) in [6.07, 6.45) is 0.393. The SMILES string of the molecule is Cc1cc(Br)ccc1NC(=O)CC[C@@H]1NC(=O)N([C@@H](C)c2ccccc2)C1=O. The van der Waals surface area contributed by atoms with Crippen LogP contribution in [0, 0.1) is 6.92 Å². The van der Waals surface area contributed by atoms with E-state index < -0.39 is 12.1 Å². The Balaban J connectivity index is 1.58. The average Bonchev–Trinajstić information content (AvgIpc) is 2.96. The molecule has 146 valence electrons. The Morgan fingerprint density at radius 2 is 1.93 bits per heavy atom. The highest BCUT2D eigenvalue weighted by atomic mass is 79.9. The zero-order valence-electron chi connectivity index (χ0n) is 15.7. The van der Waals surface area contributed by atoms with Gasteiger partial charge in [0.2, 0.25) is 5.91 Å². The second kappa shape index (κ2) is 8.56. The minimum atomic E-state index is -0.685. The van der Waals surface area contributed by atoms with E-state index in [0.717, 1.165) is 21.3 Å². The van der Waals surface area contributed by atoms with Crippen LogP contribution in [0.4, 0.5) is 10.5 Å². The van der Waals surface area contributed by atoms with E-state index in [1.165, 1.54) is 4.90 Å². The van der Waals surface area contributed by atoms with Crippen molar-refractivity contribution in [3.05, 3.63) is 64.1 Å². The first-order valence-corrected chi connectivity index (χ1v) is 9.90. The van der Waals surface area contributed by atoms with Crippen molar-refractivity contribution in [2.45, 2.75) is 38.8 Å². The van der Waals surface area contributed by atoms with Gasteiger partial charge in [-0.2, -0.15) is 0 Å². The molecule has 2 N–H and O–H groups in total. The average molecular weight is 444 g/mol. The van der Waals surface area contributed by atoms with Crippen LogP contribution in [0.5, 0.6) is 0 Å². The van der Waals surface area contributed by atoms with Gasteiger partial charge in [0.25, 0.3) is 5.91 Å². The lowest BCUT2D eigenvalue weighted by Crippen LogP contribution is -2.34. The van der Waals surface area contributed by atoms with Gasteiger partial charge < -0.3 is 10.6 Å². The van der Waals surface area contributed by atoms with Crippen LogP contribution in [-0.4, -0.2) is 28.8 Å². The highest BCUT2D eigenvalue weighted by Gasteiger charge is 2.40. The van der Waals surface area contributed by atoms with E-state index in [9.17, 15) is 14.4 Å². The van der Waals surface area contributed by atoms with Crippen molar-refractivity contribution in [1.29, 1.82) is 0 Å². The normalized spacial score (nSPS) is 17.4. The molecule has 1 fully saturated rings. The standard InChI is InChI=1S/C21H22BrN3O3/c1-13-12-16(22)8-9-17(13)23-19(26)11-10-18-20(27)25(21(28)24-18)14(2)15-6-4-3-5-7-15/h3-9,12,14,18H,10-11H2,1-2H3,(H,23,26)(H,24,28)/t14-,18-/m0/s1. The Labute approximate surface area is 172 Å². The summed E-state index contributed by atoms with van der Waals surface area (Å²) in [4.78, 5) is 38.5. The Morgan fingerprint density at radius 3 is 2.61 bits per heavy atom. The van der Waals surface area contributed by atoms with Crippen molar-refractivity contribution in [1.82, 2.24) is 10.2 Å². The van der Waals surface area contributed by atoms with Gasteiger partial charge in [-0.05, 0) is 49.6 Å². The summed E-state index contributed by atoms with van der Waals surface area (Å²) in [5.41, 5.74) is 2.56. The van der Waals surface area contributed by atoms with Gasteiger partial charge >= 0.3 is 6.03 Å². The molecule has 0 aromatic heterocycles. The number of imide groups is 1. The molecule has 1 aliphatic heterocycles. The van der Waals surface area contributed by atoms with Gasteiger partial charge in [-0.3, -0.25) is 14.5 Å². The van der Waals surface area contributed by atoms with Crippen LogP contribution in [0.1, 0.15) is 36.9 Å². The number of anilines is 1. The van der Waals surface area contributed by atoms with Crippen LogP contribution in [0.2, 0.25) is 0 Å². The van der Waals surface area contributed by atoms with Crippen molar-refractivity contribution >= 4 is 39.5 Å². The van der Waals surface area contributed by atoms with Gasteiger partial charge in [0.15, 0.2) is 0 Å². The number of nitrogens with one attached hydrogen (secondary N) is 2. The molecule has 0 radical (unpaired) electrons. The highest BCUT2D eigenvalue weighted by Crippen LogP contribution is 2.25. The maximum absolute atomic E-state index is 12.7. The lowest BCUT2D eigenvalue weighted by molar-refractivity contribution is -0.129. The molecule has 3 rings (SSSR count). The molecular formula is C21H22BrN3O3. The van der Waals surface area contributed by atoms with Crippen LogP contribution >= 0.6 is 15.9 Å². The first-order chi connectivity index (χ1) is 13.4. The first-order valence-electron chi connectivity index (χ1n) is 9.11. The largest absolute Gasteiger partial charge is 0.326 e. The predicted octanol–water partition coefficient (Wildman–Crippen LogP) is 4.16. The molecule has 2 atom stereocenters. The molecule has 0 aliphatic carbocycles. The maximum Gasteiger partial charge on any atom is 0.325 e. The number of halogens is 1. The van der Waals surface area contributed by atoms with Crippen molar-refractivity contribution in [2.24, 2.45) is 0 Å². The summed E-state index contributed by atoms with van der Waals surface area (Å²) < 4.78 is 0.940. The van der Waals surface area contributed by atoms with Gasteiger partial charge in [0, 0.05) is 16.6 Å². The number of hydrogen-bond donors (Lipinski definition) is 2. The van der Waals surface area contributed by atoms with Crippen LogP contribution in [0.3, 0.4) is 0 Å². The molecule has 4 amide bonds. The fraction of sp³-hybridized carbons (Fsp3) is 0.286. The van der Waals surface area contributed by atoms with E-state index in [4.69, 9.17) is 0 Å². The minimum absolute atomic E-state index is 0.139. The third-order valence-corrected chi connectivity index (χ3v) is 5.34. The number of urea groups is 1. The number of amides is 4. The lowest BCUT2D eigenvalue weighted by atomic mass is 10.1. The fourth-order valence-corrected chi connectivity index (χ4v) is 3.72. The molecule has 1 saturated heterocycles. The van der Waals surface area contributed by atoms with E-state index >= 15 is 0 Å². The monoisotopic (exact) mass is 443 g/mol. The Morgan fingerprint density at radius 1 is 1.21 bits per heavy atom. The molecule has 2 aromatic rings. The number of benzene rings is 2. The third kappa shape index (κ3) is 4.42. The van der Waals surface area contributed by atoms with Gasteiger partial charge in [0.1, 0.15) is 6.04 Å². The van der Waals surface area contributed by atoms with Gasteiger partial charge in [-0.15, -0.1) is 0 Å². The molecular weight excluding hydrogens is 422 g/mol. The molecule has 0 bridgehead atoms. The van der Waals surface area contributed by atoms with E-state index in [-0.39, 0.29) is 30.7 Å². The molecule has 1 heterocycles. The number of rotatable bonds is 6. The van der Waals surface area contributed by atoms with Crippen molar-refractivity contribution in [2.75, 3.05) is 5.32 Å². The Bertz CT molecular complexity index is 901. The molecule has 6 nitrogen and oxygen atoms in total. The van der Waals surface area contributed by atoms with Crippen molar-refractivity contribution in [3.63, 3.8) is 0 Å². The maximum atomic E-state index is 12.7. The van der Waals surface area contributed by atoms with Crippen LogP contribution in [-0.2, 0) is 9.59 Å². The molecule has 0 spiro atoms. The number of aryl methyl sites for hydroxylation is 1. The van der Waals surface area contributed by atoms with Crippen LogP contribution < -0.4 is 10.6 Å². The third-order valence-electron chi connectivity index (χ3n) is 4.84. The summed E-state index contributed by atoms with van der Waals surface area (Å²) >= 11 is 3.39. The summed E-state index contributed by atoms with van der Waals surface area (Å²) in [5, 5.41) is 5.54. The van der Waals surface area contributed by atoms with Crippen molar-refractivity contribution in [3.8, 4) is 0 Å². The first kappa shape index (κ1) is 20.1. The topological polar surface area (TPSA) is 78.5 Å². The molecule has 0 saturated carbocycles. The van der Waals surface area contributed by atoms with Gasteiger partial charge in [0.05, 0.1) is 6.04 Å². The van der Waals surface area contributed by atoms with Crippen LogP contribution in [0.25, 0.3) is 0 Å². The second-order valence-corrected chi connectivity index (χ2v) is 7.76. The summed E-state index contributed by atoms with van der Waals surface area (Å²) in [6.45, 7) is 3.72. The number of carbonyl (C=O) groups excluding carboxylic acids is 3. The zero-order chi connectivity index (χ0) is 20.3. The quantitative estimate of drug-likeness (QED) is 0.657. The molecule has 1 aliphatic rings. The van der Waals surface area contributed by atoms with Gasteiger partial charge in [-0.1, -0.05) is 46.3 Å². The fourth-order valence-electron chi connectivity index (χ4n) is 3.25. The highest BCUT2D eigenvalue weighted by molar-refractivity contribution is 9.10.